The highest BCUT2D eigenvalue weighted by atomic mass is 35.5. The summed E-state index contributed by atoms with van der Waals surface area (Å²) in [6.45, 7) is 2.38. The molecule has 1 aromatic carbocycles. The van der Waals surface area contributed by atoms with Crippen LogP contribution in [0.3, 0.4) is 0 Å². The predicted molar refractivity (Wildman–Crippen MR) is 77.2 cm³/mol. The van der Waals surface area contributed by atoms with Gasteiger partial charge in [0.15, 0.2) is 0 Å². The molecule has 0 atom stereocenters. The van der Waals surface area contributed by atoms with E-state index < -0.39 is 0 Å². The Labute approximate surface area is 115 Å². The number of anilines is 1. The summed E-state index contributed by atoms with van der Waals surface area (Å²) in [7, 11) is 2.13. The fourth-order valence-corrected chi connectivity index (χ4v) is 3.05. The molecule has 0 saturated heterocycles. The van der Waals surface area contributed by atoms with Crippen LogP contribution < -0.4 is 4.90 Å². The van der Waals surface area contributed by atoms with Crippen LogP contribution in [0, 0.1) is 5.92 Å². The van der Waals surface area contributed by atoms with Crippen molar-refractivity contribution in [3.63, 3.8) is 0 Å². The van der Waals surface area contributed by atoms with Crippen LogP contribution in [0.2, 0.25) is 5.02 Å². The first-order chi connectivity index (χ1) is 8.61. The molecule has 1 N–H and O–H groups in total. The molecule has 3 heteroatoms. The highest BCUT2D eigenvalue weighted by Gasteiger charge is 2.23. The van der Waals surface area contributed by atoms with Gasteiger partial charge in [-0.25, -0.2) is 0 Å². The molecule has 0 amide bonds. The van der Waals surface area contributed by atoms with E-state index in [1.165, 1.54) is 25.7 Å². The fraction of sp³-hybridized carbons (Fsp3) is 0.600. The van der Waals surface area contributed by atoms with Gasteiger partial charge in [-0.2, -0.15) is 0 Å². The molecule has 0 aliphatic heterocycles. The summed E-state index contributed by atoms with van der Waals surface area (Å²) in [4.78, 5) is 2.31. The van der Waals surface area contributed by atoms with E-state index in [1.807, 2.05) is 18.2 Å². The Bertz CT molecular complexity index is 399. The van der Waals surface area contributed by atoms with E-state index in [2.05, 4.69) is 18.9 Å². The molecular weight excluding hydrogens is 246 g/mol. The number of rotatable bonds is 3. The summed E-state index contributed by atoms with van der Waals surface area (Å²) in [5.41, 5.74) is 2.03. The van der Waals surface area contributed by atoms with Crippen LogP contribution in [0.25, 0.3) is 0 Å². The summed E-state index contributed by atoms with van der Waals surface area (Å²) in [6.07, 6.45) is 5.09. The number of hydrogen-bond donors (Lipinski definition) is 1. The maximum Gasteiger partial charge on any atom is 0.0702 e. The number of aliphatic hydroxyl groups is 1. The zero-order chi connectivity index (χ0) is 13.1. The van der Waals surface area contributed by atoms with Crippen molar-refractivity contribution in [2.24, 2.45) is 5.92 Å². The Morgan fingerprint density at radius 2 is 1.94 bits per heavy atom. The molecule has 0 unspecified atom stereocenters. The van der Waals surface area contributed by atoms with Gasteiger partial charge in [0.05, 0.1) is 6.61 Å². The maximum atomic E-state index is 9.45. The molecule has 0 radical (unpaired) electrons. The normalized spacial score (nSPS) is 24.0. The number of nitrogens with zero attached hydrogens (tertiary/aromatic N) is 1. The highest BCUT2D eigenvalue weighted by molar-refractivity contribution is 6.30. The second kappa shape index (κ2) is 5.94. The number of aliphatic hydroxyl groups excluding tert-OH is 1. The lowest BCUT2D eigenvalue weighted by Crippen LogP contribution is -2.35. The van der Waals surface area contributed by atoms with E-state index in [0.29, 0.717) is 11.1 Å². The molecule has 1 saturated carbocycles. The van der Waals surface area contributed by atoms with E-state index >= 15 is 0 Å². The molecule has 0 heterocycles. The van der Waals surface area contributed by atoms with Crippen LogP contribution in [0.4, 0.5) is 5.69 Å². The molecule has 0 bridgehead atoms. The van der Waals surface area contributed by atoms with Crippen molar-refractivity contribution < 1.29 is 5.11 Å². The van der Waals surface area contributed by atoms with E-state index in [0.717, 1.165) is 17.2 Å². The summed E-state index contributed by atoms with van der Waals surface area (Å²) >= 11 is 5.98. The van der Waals surface area contributed by atoms with Gasteiger partial charge in [-0.15, -0.1) is 0 Å². The molecule has 1 aromatic rings. The highest BCUT2D eigenvalue weighted by Crippen LogP contribution is 2.31. The topological polar surface area (TPSA) is 23.5 Å². The van der Waals surface area contributed by atoms with Crippen LogP contribution in [0.15, 0.2) is 18.2 Å². The van der Waals surface area contributed by atoms with Gasteiger partial charge in [0.25, 0.3) is 0 Å². The van der Waals surface area contributed by atoms with Gasteiger partial charge in [0, 0.05) is 29.4 Å². The van der Waals surface area contributed by atoms with Gasteiger partial charge >= 0.3 is 0 Å². The van der Waals surface area contributed by atoms with Crippen LogP contribution in [0.1, 0.15) is 38.2 Å². The van der Waals surface area contributed by atoms with Crippen molar-refractivity contribution in [3.8, 4) is 0 Å². The summed E-state index contributed by atoms with van der Waals surface area (Å²) in [5.74, 6) is 0.859. The second-order valence-corrected chi connectivity index (χ2v) is 5.89. The van der Waals surface area contributed by atoms with E-state index in [-0.39, 0.29) is 6.61 Å². The lowest BCUT2D eigenvalue weighted by Gasteiger charge is -2.36. The molecule has 1 aliphatic rings. The van der Waals surface area contributed by atoms with E-state index in [1.54, 1.807) is 0 Å². The molecule has 100 valence electrons. The molecule has 2 rings (SSSR count). The Morgan fingerprint density at radius 3 is 2.56 bits per heavy atom. The van der Waals surface area contributed by atoms with Gasteiger partial charge in [0.1, 0.15) is 0 Å². The summed E-state index contributed by atoms with van der Waals surface area (Å²) < 4.78 is 0. The Hall–Kier alpha value is -0.730. The van der Waals surface area contributed by atoms with Gasteiger partial charge in [-0.3, -0.25) is 0 Å². The monoisotopic (exact) mass is 267 g/mol. The van der Waals surface area contributed by atoms with Crippen LogP contribution >= 0.6 is 11.6 Å². The maximum absolute atomic E-state index is 9.45. The van der Waals surface area contributed by atoms with Crippen molar-refractivity contribution >= 4 is 17.3 Å². The first-order valence-electron chi connectivity index (χ1n) is 6.74. The standard InChI is InChI=1S/C15H22ClNO/c1-11-3-6-14(7-4-11)17(2)15-8-5-13(16)9-12(15)10-18/h5,8-9,11,14,18H,3-4,6-7,10H2,1-2H3. The van der Waals surface area contributed by atoms with Crippen molar-refractivity contribution in [3.05, 3.63) is 28.8 Å². The molecular formula is C15H22ClNO. The number of hydrogen-bond acceptors (Lipinski definition) is 2. The van der Waals surface area contributed by atoms with Crippen LogP contribution in [-0.2, 0) is 6.61 Å². The fourth-order valence-electron chi connectivity index (χ4n) is 2.85. The summed E-state index contributed by atoms with van der Waals surface area (Å²) in [5, 5.41) is 10.1. The minimum Gasteiger partial charge on any atom is -0.392 e. The smallest absolute Gasteiger partial charge is 0.0702 e. The van der Waals surface area contributed by atoms with Crippen LogP contribution in [0.5, 0.6) is 0 Å². The molecule has 1 fully saturated rings. The third-order valence-corrected chi connectivity index (χ3v) is 4.36. The van der Waals surface area contributed by atoms with Crippen molar-refractivity contribution in [1.82, 2.24) is 0 Å². The quantitative estimate of drug-likeness (QED) is 0.899. The zero-order valence-corrected chi connectivity index (χ0v) is 12.0. The minimum atomic E-state index is 0.0450. The largest absolute Gasteiger partial charge is 0.392 e. The number of benzene rings is 1. The lowest BCUT2D eigenvalue weighted by molar-refractivity contribution is 0.281. The molecule has 0 spiro atoms. The zero-order valence-electron chi connectivity index (χ0n) is 11.2. The molecule has 0 aromatic heterocycles. The number of halogens is 1. The Balaban J connectivity index is 2.15. The van der Waals surface area contributed by atoms with Crippen molar-refractivity contribution in [2.45, 2.75) is 45.3 Å². The third-order valence-electron chi connectivity index (χ3n) is 4.12. The lowest BCUT2D eigenvalue weighted by atomic mass is 9.86. The Kier molecular flexibility index (Phi) is 4.52. The molecule has 2 nitrogen and oxygen atoms in total. The predicted octanol–water partition coefficient (Wildman–Crippen LogP) is 3.85. The molecule has 1 aliphatic carbocycles. The Morgan fingerprint density at radius 1 is 1.28 bits per heavy atom. The van der Waals surface area contributed by atoms with Gasteiger partial charge in [-0.05, 0) is 49.8 Å². The first-order valence-corrected chi connectivity index (χ1v) is 7.11. The van der Waals surface area contributed by atoms with Crippen LogP contribution in [-0.4, -0.2) is 18.2 Å². The molecule has 18 heavy (non-hydrogen) atoms. The minimum absolute atomic E-state index is 0.0450. The summed E-state index contributed by atoms with van der Waals surface area (Å²) in [6, 6.07) is 6.37. The van der Waals surface area contributed by atoms with Gasteiger partial charge < -0.3 is 10.0 Å². The van der Waals surface area contributed by atoms with Gasteiger partial charge in [-0.1, -0.05) is 18.5 Å². The average molecular weight is 268 g/mol. The third kappa shape index (κ3) is 2.99. The van der Waals surface area contributed by atoms with Crippen molar-refractivity contribution in [1.29, 1.82) is 0 Å². The van der Waals surface area contributed by atoms with Crippen molar-refractivity contribution in [2.75, 3.05) is 11.9 Å². The SMILES string of the molecule is CC1CCC(N(C)c2ccc(Cl)cc2CO)CC1. The average Bonchev–Trinajstić information content (AvgIpc) is 2.38. The first kappa shape index (κ1) is 13.7. The second-order valence-electron chi connectivity index (χ2n) is 5.46. The van der Waals surface area contributed by atoms with Gasteiger partial charge in [0.2, 0.25) is 0 Å². The van der Waals surface area contributed by atoms with E-state index in [9.17, 15) is 5.11 Å². The van der Waals surface area contributed by atoms with E-state index in [4.69, 9.17) is 11.6 Å².